The topological polar surface area (TPSA) is 168 Å². The number of primary amides is 1. The van der Waals surface area contributed by atoms with Crippen molar-refractivity contribution in [2.24, 2.45) is 5.73 Å². The molecule has 0 saturated carbocycles. The van der Waals surface area contributed by atoms with Crippen LogP contribution in [-0.4, -0.2) is 59.4 Å². The first-order valence-electron chi connectivity index (χ1n) is 14.3. The van der Waals surface area contributed by atoms with Gasteiger partial charge in [0.25, 0.3) is 0 Å². The van der Waals surface area contributed by atoms with E-state index >= 15 is 0 Å². The van der Waals surface area contributed by atoms with E-state index < -0.39 is 41.9 Å². The summed E-state index contributed by atoms with van der Waals surface area (Å²) in [7, 11) is 1.38. The molecule has 0 bridgehead atoms. The highest BCUT2D eigenvalue weighted by atomic mass is 16.7. The number of hydrogen-bond donors (Lipinski definition) is 3. The maximum Gasteiger partial charge on any atom is 0.404 e. The van der Waals surface area contributed by atoms with Crippen molar-refractivity contribution < 1.29 is 43.2 Å². The van der Waals surface area contributed by atoms with Crippen LogP contribution in [0.5, 0.6) is 11.5 Å². The highest BCUT2D eigenvalue weighted by Crippen LogP contribution is 2.38. The lowest BCUT2D eigenvalue weighted by Crippen LogP contribution is -2.65. The molecule has 0 unspecified atom stereocenters. The fourth-order valence-corrected chi connectivity index (χ4v) is 5.64. The number of ketones is 1. The minimum atomic E-state index is -1.50. The molecule has 2 heterocycles. The van der Waals surface area contributed by atoms with Crippen LogP contribution in [0.2, 0.25) is 0 Å². The van der Waals surface area contributed by atoms with Gasteiger partial charge < -0.3 is 39.3 Å². The zero-order valence-corrected chi connectivity index (χ0v) is 25.5. The van der Waals surface area contributed by atoms with Gasteiger partial charge >= 0.3 is 11.7 Å². The van der Waals surface area contributed by atoms with E-state index in [0.717, 1.165) is 16.7 Å². The van der Waals surface area contributed by atoms with Crippen molar-refractivity contribution in [1.29, 1.82) is 0 Å². The van der Waals surface area contributed by atoms with Gasteiger partial charge in [-0.3, -0.25) is 4.79 Å². The minimum Gasteiger partial charge on any atom is -0.507 e. The van der Waals surface area contributed by atoms with Crippen LogP contribution in [0.15, 0.2) is 69.9 Å². The number of carbonyl (C=O) groups is 2. The molecule has 1 fully saturated rings. The Kier molecular flexibility index (Phi) is 8.70. The second-order valence-electron chi connectivity index (χ2n) is 11.6. The molecule has 1 aliphatic heterocycles. The van der Waals surface area contributed by atoms with Crippen LogP contribution in [-0.2, 0) is 20.6 Å². The summed E-state index contributed by atoms with van der Waals surface area (Å²) < 4.78 is 28.1. The molecule has 1 aliphatic rings. The van der Waals surface area contributed by atoms with Crippen LogP contribution >= 0.6 is 0 Å². The zero-order chi connectivity index (χ0) is 32.6. The Labute approximate surface area is 259 Å². The number of aliphatic hydroxyl groups excluding tert-OH is 1. The molecule has 0 spiro atoms. The lowest BCUT2D eigenvalue weighted by atomic mass is 9.89. The smallest absolute Gasteiger partial charge is 0.404 e. The summed E-state index contributed by atoms with van der Waals surface area (Å²) in [5.41, 5.74) is 6.73. The van der Waals surface area contributed by atoms with Crippen molar-refractivity contribution in [2.75, 3.05) is 7.11 Å². The second-order valence-corrected chi connectivity index (χ2v) is 11.6. The average Bonchev–Trinajstić information content (AvgIpc) is 2.99. The minimum absolute atomic E-state index is 0.0248. The van der Waals surface area contributed by atoms with Gasteiger partial charge in [0.2, 0.25) is 6.29 Å². The van der Waals surface area contributed by atoms with Gasteiger partial charge in [0.1, 0.15) is 23.2 Å². The van der Waals surface area contributed by atoms with Crippen LogP contribution in [0.1, 0.15) is 40.9 Å². The third-order valence-corrected chi connectivity index (χ3v) is 8.01. The lowest BCUT2D eigenvalue weighted by Gasteiger charge is -2.47. The Morgan fingerprint density at radius 3 is 2.40 bits per heavy atom. The summed E-state index contributed by atoms with van der Waals surface area (Å²) in [5.74, 6) is -0.585. The van der Waals surface area contributed by atoms with E-state index in [9.17, 15) is 24.6 Å². The van der Waals surface area contributed by atoms with Gasteiger partial charge in [-0.25, -0.2) is 9.59 Å². The number of aromatic hydroxyl groups is 1. The van der Waals surface area contributed by atoms with E-state index in [0.29, 0.717) is 11.1 Å². The zero-order valence-electron chi connectivity index (χ0n) is 25.5. The van der Waals surface area contributed by atoms with Gasteiger partial charge in [-0.1, -0.05) is 48.0 Å². The van der Waals surface area contributed by atoms with Crippen LogP contribution in [0.3, 0.4) is 0 Å². The van der Waals surface area contributed by atoms with Crippen molar-refractivity contribution >= 4 is 22.8 Å². The first-order valence-corrected chi connectivity index (χ1v) is 14.3. The highest BCUT2D eigenvalue weighted by Gasteiger charge is 2.53. The SMILES string of the molecule is CO[C@@H]1[C@@H](OC(N)=O)[C@@H](O)[C@H](Oc2ccc3c(O)c(CC(=O)c4cccc(-c5ccc(C)cc5)c4)c(=O)oc3c2C)OC1(C)C. The number of ether oxygens (including phenoxy) is 4. The number of methoxy groups -OCH3 is 1. The molecule has 11 nitrogen and oxygen atoms in total. The number of benzene rings is 3. The molecular weight excluding hydrogens is 582 g/mol. The normalized spacial score (nSPS) is 20.9. The quantitative estimate of drug-likeness (QED) is 0.188. The van der Waals surface area contributed by atoms with E-state index in [1.807, 2.05) is 37.3 Å². The number of aryl methyl sites for hydroxylation is 2. The number of carbonyl (C=O) groups excluding carboxylic acids is 2. The van der Waals surface area contributed by atoms with Gasteiger partial charge in [0, 0.05) is 24.7 Å². The summed E-state index contributed by atoms with van der Waals surface area (Å²) in [6, 6.07) is 17.9. The number of aliphatic hydroxyl groups is 1. The molecule has 3 aromatic carbocycles. The Hall–Kier alpha value is -4.71. The van der Waals surface area contributed by atoms with Gasteiger partial charge in [-0.15, -0.1) is 0 Å². The molecule has 1 saturated heterocycles. The van der Waals surface area contributed by atoms with Gasteiger partial charge in [-0.05, 0) is 57.0 Å². The summed E-state index contributed by atoms with van der Waals surface area (Å²) in [4.78, 5) is 37.9. The Balaban J connectivity index is 1.42. The molecular formula is C34H35NO10. The molecule has 45 heavy (non-hydrogen) atoms. The van der Waals surface area contributed by atoms with E-state index in [1.165, 1.54) is 19.2 Å². The number of amides is 1. The molecule has 5 rings (SSSR count). The highest BCUT2D eigenvalue weighted by molar-refractivity contribution is 6.00. The molecule has 4 atom stereocenters. The largest absolute Gasteiger partial charge is 0.507 e. The molecule has 1 amide bonds. The second kappa shape index (κ2) is 12.4. The van der Waals surface area contributed by atoms with E-state index in [2.05, 4.69) is 0 Å². The number of fused-ring (bicyclic) bond motifs is 1. The monoisotopic (exact) mass is 617 g/mol. The van der Waals surface area contributed by atoms with Gasteiger partial charge in [0.05, 0.1) is 16.6 Å². The van der Waals surface area contributed by atoms with Crippen molar-refractivity contribution in [3.8, 4) is 22.6 Å². The van der Waals surface area contributed by atoms with E-state index in [1.54, 1.807) is 39.0 Å². The molecule has 1 aromatic heterocycles. The van der Waals surface area contributed by atoms with Crippen LogP contribution in [0.4, 0.5) is 4.79 Å². The van der Waals surface area contributed by atoms with Gasteiger partial charge in [-0.2, -0.15) is 0 Å². The van der Waals surface area contributed by atoms with Gasteiger partial charge in [0.15, 0.2) is 18.0 Å². The molecule has 0 aliphatic carbocycles. The molecule has 0 radical (unpaired) electrons. The molecule has 11 heteroatoms. The Morgan fingerprint density at radius 2 is 1.73 bits per heavy atom. The first-order chi connectivity index (χ1) is 21.3. The maximum absolute atomic E-state index is 13.3. The number of hydrogen-bond acceptors (Lipinski definition) is 10. The van der Waals surface area contributed by atoms with E-state index in [-0.39, 0.29) is 40.2 Å². The fraction of sp³-hybridized carbons (Fsp3) is 0.324. The number of Topliss-reactive ketones (excluding diaryl/α,β-unsaturated/α-hetero) is 1. The standard InChI is InChI=1S/C34H35NO10/c1-17-9-11-19(12-10-17)20-7-6-8-21(15-20)24(36)16-23-26(37)22-13-14-25(18(2)28(22)43-31(23)39)42-32-27(38)29(44-33(35)40)30(41-5)34(3,4)45-32/h6-15,27,29-30,32,37-38H,16H2,1-5H3,(H2,35,40)/t27-,29+,30-,32-/m1/s1. The Morgan fingerprint density at radius 1 is 1.02 bits per heavy atom. The predicted molar refractivity (Wildman–Crippen MR) is 164 cm³/mol. The Bertz CT molecular complexity index is 1810. The van der Waals surface area contributed by atoms with Crippen molar-refractivity contribution in [2.45, 2.75) is 64.3 Å². The summed E-state index contributed by atoms with van der Waals surface area (Å²) >= 11 is 0. The summed E-state index contributed by atoms with van der Waals surface area (Å²) in [6.45, 7) is 6.93. The molecule has 4 aromatic rings. The molecule has 236 valence electrons. The third-order valence-electron chi connectivity index (χ3n) is 8.01. The lowest BCUT2D eigenvalue weighted by molar-refractivity contribution is -0.304. The average molecular weight is 618 g/mol. The van der Waals surface area contributed by atoms with Crippen molar-refractivity contribution in [1.82, 2.24) is 0 Å². The fourth-order valence-electron chi connectivity index (χ4n) is 5.64. The maximum atomic E-state index is 13.3. The van der Waals surface area contributed by atoms with E-state index in [4.69, 9.17) is 29.1 Å². The number of nitrogens with two attached hydrogens (primary N) is 1. The van der Waals surface area contributed by atoms with Crippen LogP contribution < -0.4 is 16.1 Å². The third kappa shape index (κ3) is 6.28. The van der Waals surface area contributed by atoms with Crippen LogP contribution in [0, 0.1) is 13.8 Å². The molecule has 4 N–H and O–H groups in total. The summed E-state index contributed by atoms with van der Waals surface area (Å²) in [5, 5.41) is 22.3. The first kappa shape index (κ1) is 31.7. The van der Waals surface area contributed by atoms with Crippen LogP contribution in [0.25, 0.3) is 22.1 Å². The predicted octanol–water partition coefficient (Wildman–Crippen LogP) is 4.56. The van der Waals surface area contributed by atoms with Crippen molar-refractivity contribution in [3.63, 3.8) is 0 Å². The number of rotatable bonds is 8. The van der Waals surface area contributed by atoms with Crippen molar-refractivity contribution in [3.05, 3.63) is 93.3 Å². The summed E-state index contributed by atoms with van der Waals surface area (Å²) in [6.07, 6.45) is -6.38.